The van der Waals surface area contributed by atoms with Gasteiger partial charge in [0.1, 0.15) is 5.75 Å². The fourth-order valence-corrected chi connectivity index (χ4v) is 2.20. The van der Waals surface area contributed by atoms with E-state index in [9.17, 15) is 0 Å². The zero-order valence-corrected chi connectivity index (χ0v) is 11.4. The Morgan fingerprint density at radius 1 is 0.800 bits per heavy atom. The van der Waals surface area contributed by atoms with Gasteiger partial charge in [-0.2, -0.15) is 0 Å². The lowest BCUT2D eigenvalue weighted by atomic mass is 10.1. The SMILES string of the molecule is CCOc1ccc2ccccc2c1Oc1ccccc1. The van der Waals surface area contributed by atoms with Gasteiger partial charge in [0.05, 0.1) is 6.61 Å². The minimum absolute atomic E-state index is 0.615. The van der Waals surface area contributed by atoms with E-state index in [1.54, 1.807) is 0 Å². The van der Waals surface area contributed by atoms with Crippen LogP contribution in [-0.4, -0.2) is 6.61 Å². The second kappa shape index (κ2) is 5.66. The third-order valence-electron chi connectivity index (χ3n) is 3.11. The molecule has 0 saturated heterocycles. The number of fused-ring (bicyclic) bond motifs is 1. The standard InChI is InChI=1S/C18H16O2/c1-2-19-17-13-12-14-8-6-7-11-16(14)18(17)20-15-9-4-3-5-10-15/h3-13H,2H2,1H3. The molecule has 0 bridgehead atoms. The van der Waals surface area contributed by atoms with Gasteiger partial charge in [0, 0.05) is 5.39 Å². The Bertz CT molecular complexity index is 705. The van der Waals surface area contributed by atoms with Crippen LogP contribution in [0.1, 0.15) is 6.92 Å². The highest BCUT2D eigenvalue weighted by Gasteiger charge is 2.10. The van der Waals surface area contributed by atoms with Gasteiger partial charge >= 0.3 is 0 Å². The van der Waals surface area contributed by atoms with Crippen LogP contribution in [0.2, 0.25) is 0 Å². The molecule has 20 heavy (non-hydrogen) atoms. The van der Waals surface area contributed by atoms with Gasteiger partial charge in [-0.05, 0) is 30.5 Å². The Kier molecular flexibility index (Phi) is 3.55. The van der Waals surface area contributed by atoms with E-state index in [2.05, 4.69) is 18.2 Å². The summed E-state index contributed by atoms with van der Waals surface area (Å²) in [5.74, 6) is 2.36. The summed E-state index contributed by atoms with van der Waals surface area (Å²) in [6, 6.07) is 21.9. The summed E-state index contributed by atoms with van der Waals surface area (Å²) in [6.07, 6.45) is 0. The lowest BCUT2D eigenvalue weighted by Crippen LogP contribution is -1.95. The number of rotatable bonds is 4. The van der Waals surface area contributed by atoms with Crippen molar-refractivity contribution < 1.29 is 9.47 Å². The summed E-state index contributed by atoms with van der Waals surface area (Å²) in [5.41, 5.74) is 0. The quantitative estimate of drug-likeness (QED) is 0.658. The van der Waals surface area contributed by atoms with Gasteiger partial charge in [-0.3, -0.25) is 0 Å². The Morgan fingerprint density at radius 2 is 1.55 bits per heavy atom. The van der Waals surface area contributed by atoms with Crippen molar-refractivity contribution in [2.24, 2.45) is 0 Å². The zero-order valence-electron chi connectivity index (χ0n) is 11.4. The Morgan fingerprint density at radius 3 is 2.35 bits per heavy atom. The molecule has 0 aliphatic heterocycles. The van der Waals surface area contributed by atoms with Crippen molar-refractivity contribution in [3.8, 4) is 17.2 Å². The van der Waals surface area contributed by atoms with Crippen molar-refractivity contribution in [1.29, 1.82) is 0 Å². The van der Waals surface area contributed by atoms with E-state index < -0.39 is 0 Å². The van der Waals surface area contributed by atoms with Gasteiger partial charge in [0.2, 0.25) is 0 Å². The largest absolute Gasteiger partial charge is 0.490 e. The van der Waals surface area contributed by atoms with Crippen molar-refractivity contribution in [2.45, 2.75) is 6.92 Å². The fourth-order valence-electron chi connectivity index (χ4n) is 2.20. The lowest BCUT2D eigenvalue weighted by molar-refractivity contribution is 0.323. The summed E-state index contributed by atoms with van der Waals surface area (Å²) in [7, 11) is 0. The van der Waals surface area contributed by atoms with E-state index >= 15 is 0 Å². The van der Waals surface area contributed by atoms with Gasteiger partial charge < -0.3 is 9.47 Å². The third kappa shape index (κ3) is 2.45. The number of ether oxygens (including phenoxy) is 2. The minimum Gasteiger partial charge on any atom is -0.490 e. The Labute approximate surface area is 118 Å². The van der Waals surface area contributed by atoms with Gasteiger partial charge in [0.15, 0.2) is 11.5 Å². The molecular formula is C18H16O2. The van der Waals surface area contributed by atoms with Crippen molar-refractivity contribution in [1.82, 2.24) is 0 Å². The minimum atomic E-state index is 0.615. The van der Waals surface area contributed by atoms with E-state index in [4.69, 9.17) is 9.47 Å². The van der Waals surface area contributed by atoms with Crippen molar-refractivity contribution in [3.63, 3.8) is 0 Å². The van der Waals surface area contributed by atoms with E-state index in [0.29, 0.717) is 6.61 Å². The van der Waals surface area contributed by atoms with Crippen LogP contribution in [0.25, 0.3) is 10.8 Å². The van der Waals surface area contributed by atoms with Crippen LogP contribution < -0.4 is 9.47 Å². The van der Waals surface area contributed by atoms with Crippen LogP contribution in [0.3, 0.4) is 0 Å². The fraction of sp³-hybridized carbons (Fsp3) is 0.111. The first-order chi connectivity index (χ1) is 9.88. The van der Waals surface area contributed by atoms with Gasteiger partial charge in [-0.15, -0.1) is 0 Å². The summed E-state index contributed by atoms with van der Waals surface area (Å²) in [5, 5.41) is 2.20. The van der Waals surface area contributed by atoms with E-state index in [-0.39, 0.29) is 0 Å². The highest BCUT2D eigenvalue weighted by molar-refractivity contribution is 5.91. The molecule has 0 heterocycles. The molecule has 3 aromatic rings. The first-order valence-corrected chi connectivity index (χ1v) is 6.76. The normalized spacial score (nSPS) is 10.4. The molecule has 0 radical (unpaired) electrons. The molecule has 0 atom stereocenters. The number of para-hydroxylation sites is 1. The van der Waals surface area contributed by atoms with E-state index in [1.807, 2.05) is 55.5 Å². The smallest absolute Gasteiger partial charge is 0.177 e. The van der Waals surface area contributed by atoms with Crippen LogP contribution in [-0.2, 0) is 0 Å². The molecule has 0 aromatic heterocycles. The average Bonchev–Trinajstić information content (AvgIpc) is 2.51. The summed E-state index contributed by atoms with van der Waals surface area (Å²) >= 11 is 0. The molecule has 0 saturated carbocycles. The Balaban J connectivity index is 2.12. The molecular weight excluding hydrogens is 248 g/mol. The first kappa shape index (κ1) is 12.5. The first-order valence-electron chi connectivity index (χ1n) is 6.76. The summed E-state index contributed by atoms with van der Waals surface area (Å²) < 4.78 is 11.7. The maximum atomic E-state index is 6.05. The third-order valence-corrected chi connectivity index (χ3v) is 3.11. The number of hydrogen-bond donors (Lipinski definition) is 0. The van der Waals surface area contributed by atoms with E-state index in [0.717, 1.165) is 28.0 Å². The molecule has 0 aliphatic rings. The molecule has 2 heteroatoms. The molecule has 0 spiro atoms. The van der Waals surface area contributed by atoms with Crippen molar-refractivity contribution in [2.75, 3.05) is 6.61 Å². The monoisotopic (exact) mass is 264 g/mol. The highest BCUT2D eigenvalue weighted by atomic mass is 16.5. The summed E-state index contributed by atoms with van der Waals surface area (Å²) in [4.78, 5) is 0. The number of hydrogen-bond acceptors (Lipinski definition) is 2. The second-order valence-corrected chi connectivity index (χ2v) is 4.46. The van der Waals surface area contributed by atoms with Gasteiger partial charge in [0.25, 0.3) is 0 Å². The second-order valence-electron chi connectivity index (χ2n) is 4.46. The molecule has 0 unspecified atom stereocenters. The molecule has 0 N–H and O–H groups in total. The molecule has 0 aliphatic carbocycles. The van der Waals surface area contributed by atoms with Crippen LogP contribution in [0.15, 0.2) is 66.7 Å². The molecule has 0 amide bonds. The van der Waals surface area contributed by atoms with Gasteiger partial charge in [-0.25, -0.2) is 0 Å². The van der Waals surface area contributed by atoms with Crippen LogP contribution in [0.4, 0.5) is 0 Å². The summed E-state index contributed by atoms with van der Waals surface area (Å²) in [6.45, 7) is 2.59. The van der Waals surface area contributed by atoms with Crippen molar-refractivity contribution >= 4 is 10.8 Å². The average molecular weight is 264 g/mol. The molecule has 3 aromatic carbocycles. The molecule has 2 nitrogen and oxygen atoms in total. The van der Waals surface area contributed by atoms with Crippen molar-refractivity contribution in [3.05, 3.63) is 66.7 Å². The number of benzene rings is 3. The van der Waals surface area contributed by atoms with Crippen LogP contribution in [0.5, 0.6) is 17.2 Å². The van der Waals surface area contributed by atoms with Crippen LogP contribution in [0, 0.1) is 0 Å². The van der Waals surface area contributed by atoms with Gasteiger partial charge in [-0.1, -0.05) is 48.5 Å². The maximum Gasteiger partial charge on any atom is 0.177 e. The van der Waals surface area contributed by atoms with Crippen LogP contribution >= 0.6 is 0 Å². The molecule has 0 fully saturated rings. The Hall–Kier alpha value is -2.48. The lowest BCUT2D eigenvalue weighted by Gasteiger charge is -2.14. The highest BCUT2D eigenvalue weighted by Crippen LogP contribution is 2.38. The zero-order chi connectivity index (χ0) is 13.8. The molecule has 100 valence electrons. The topological polar surface area (TPSA) is 18.5 Å². The predicted octanol–water partition coefficient (Wildman–Crippen LogP) is 5.03. The van der Waals surface area contributed by atoms with E-state index in [1.165, 1.54) is 0 Å². The maximum absolute atomic E-state index is 6.05. The predicted molar refractivity (Wildman–Crippen MR) is 81.6 cm³/mol. The molecule has 3 rings (SSSR count).